The quantitative estimate of drug-likeness (QED) is 0.502. The van der Waals surface area contributed by atoms with Crippen LogP contribution in [0.1, 0.15) is 63.9 Å². The first-order valence-electron chi connectivity index (χ1n) is 6.90. The van der Waals surface area contributed by atoms with E-state index < -0.39 is 5.24 Å². The Labute approximate surface area is 115 Å². The van der Waals surface area contributed by atoms with Crippen molar-refractivity contribution in [2.75, 3.05) is 0 Å². The van der Waals surface area contributed by atoms with E-state index in [1.165, 1.54) is 42.3 Å². The highest BCUT2D eigenvalue weighted by atomic mass is 15.3. The molecule has 0 amide bonds. The van der Waals surface area contributed by atoms with Gasteiger partial charge in [0.25, 0.3) is 0 Å². The third kappa shape index (κ3) is 4.58. The molecule has 0 fully saturated rings. The molecule has 92 valence electrons. The summed E-state index contributed by atoms with van der Waals surface area (Å²) in [7, 11) is 16.8. The van der Waals surface area contributed by atoms with Gasteiger partial charge < -0.3 is 0 Å². The molecule has 0 aromatic carbocycles. The lowest BCUT2D eigenvalue weighted by atomic mass is 9.49. The van der Waals surface area contributed by atoms with Crippen molar-refractivity contribution in [2.45, 2.75) is 63.5 Å². The van der Waals surface area contributed by atoms with Crippen LogP contribution in [-0.2, 0) is 5.24 Å². The second-order valence-corrected chi connectivity index (χ2v) is 5.06. The van der Waals surface area contributed by atoms with E-state index in [2.05, 4.69) is 18.9 Å². The Bertz CT molecular complexity index is 344. The number of nitrogens with zero attached hydrogens (tertiary/aromatic N) is 2. The first kappa shape index (κ1) is 15.5. The third-order valence-electron chi connectivity index (χ3n) is 3.37. The van der Waals surface area contributed by atoms with Gasteiger partial charge >= 0.3 is 0 Å². The molecule has 0 saturated carbocycles. The molecule has 1 unspecified atom stereocenters. The summed E-state index contributed by atoms with van der Waals surface area (Å²) in [5.41, 5.74) is 1.18. The highest BCUT2D eigenvalue weighted by molar-refractivity contribution is 6.56. The van der Waals surface area contributed by atoms with Gasteiger partial charge in [-0.15, -0.1) is 0 Å². The van der Waals surface area contributed by atoms with Crippen LogP contribution in [0.15, 0.2) is 12.4 Å². The van der Waals surface area contributed by atoms with Crippen LogP contribution in [0.4, 0.5) is 0 Å². The van der Waals surface area contributed by atoms with Crippen molar-refractivity contribution >= 4 is 23.5 Å². The minimum Gasteiger partial charge on any atom is -0.292 e. The zero-order valence-electron chi connectivity index (χ0n) is 11.6. The highest BCUT2D eigenvalue weighted by Crippen LogP contribution is 2.26. The van der Waals surface area contributed by atoms with Crippen LogP contribution in [0.5, 0.6) is 0 Å². The molecule has 0 saturated heterocycles. The molecule has 0 N–H and O–H groups in total. The molecule has 0 aliphatic rings. The fourth-order valence-corrected chi connectivity index (χ4v) is 2.18. The number of hydrogen-bond acceptors (Lipinski definition) is 1. The fraction of sp³-hybridized carbons (Fsp3) is 0.769. The lowest BCUT2D eigenvalue weighted by molar-refractivity contribution is 0.542. The summed E-state index contributed by atoms with van der Waals surface area (Å²) in [5, 5.41) is 2.74. The summed E-state index contributed by atoms with van der Waals surface area (Å²) in [6.07, 6.45) is 11.1. The van der Waals surface area contributed by atoms with E-state index in [1.807, 2.05) is 12.4 Å². The van der Waals surface area contributed by atoms with E-state index in [1.54, 1.807) is 0 Å². The fourth-order valence-electron chi connectivity index (χ4n) is 2.18. The first-order valence-corrected chi connectivity index (χ1v) is 6.90. The van der Waals surface area contributed by atoms with Crippen molar-refractivity contribution in [1.82, 2.24) is 9.78 Å². The molecule has 0 aliphatic carbocycles. The molecule has 0 aliphatic heterocycles. The zero-order valence-corrected chi connectivity index (χ0v) is 11.6. The Morgan fingerprint density at radius 1 is 1.22 bits per heavy atom. The summed E-state index contributed by atoms with van der Waals surface area (Å²) in [6.45, 7) is 4.42. The molecule has 18 heavy (non-hydrogen) atoms. The maximum Gasteiger partial charge on any atom is 0.0801 e. The summed E-state index contributed by atoms with van der Waals surface area (Å²) in [5.74, 6) is 0.526. The topological polar surface area (TPSA) is 17.8 Å². The standard InChI is InChI=1S/C13H21B3N2/c1-3-5-6-7-8-11(4-2)12-9-17-18(10-12)13(14,15)16/h9-11H,3-8H2,1-2H3. The van der Waals surface area contributed by atoms with E-state index in [0.29, 0.717) is 5.92 Å². The van der Waals surface area contributed by atoms with Gasteiger partial charge in [-0.1, -0.05) is 39.5 Å². The van der Waals surface area contributed by atoms with Crippen molar-refractivity contribution in [3.63, 3.8) is 0 Å². The van der Waals surface area contributed by atoms with Gasteiger partial charge in [0.1, 0.15) is 0 Å². The molecule has 1 aromatic heterocycles. The summed E-state index contributed by atoms with van der Waals surface area (Å²) in [6, 6.07) is 0. The van der Waals surface area contributed by atoms with Gasteiger partial charge in [-0.05, 0) is 29.6 Å². The Morgan fingerprint density at radius 2 is 1.94 bits per heavy atom. The molecular weight excluding hydrogens is 217 g/mol. The molecule has 1 rings (SSSR count). The van der Waals surface area contributed by atoms with Crippen LogP contribution in [0.3, 0.4) is 0 Å². The van der Waals surface area contributed by atoms with Crippen LogP contribution in [-0.4, -0.2) is 33.3 Å². The summed E-state index contributed by atoms with van der Waals surface area (Å²) in [4.78, 5) is 0. The molecule has 0 bridgehead atoms. The Balaban J connectivity index is 2.57. The summed E-state index contributed by atoms with van der Waals surface area (Å²) >= 11 is 0. The van der Waals surface area contributed by atoms with Crippen molar-refractivity contribution in [3.8, 4) is 0 Å². The SMILES string of the molecule is [B]C([B])([B])n1cc(C(CC)CCCCCC)cn1. The van der Waals surface area contributed by atoms with Crippen LogP contribution in [0, 0.1) is 0 Å². The number of aromatic nitrogens is 2. The normalized spacial score (nSPS) is 13.7. The molecule has 2 nitrogen and oxygen atoms in total. The van der Waals surface area contributed by atoms with Crippen molar-refractivity contribution in [3.05, 3.63) is 18.0 Å². The smallest absolute Gasteiger partial charge is 0.0801 e. The number of hydrogen-bond donors (Lipinski definition) is 0. The Kier molecular flexibility index (Phi) is 6.10. The predicted molar refractivity (Wildman–Crippen MR) is 79.3 cm³/mol. The third-order valence-corrected chi connectivity index (χ3v) is 3.37. The van der Waals surface area contributed by atoms with Gasteiger partial charge in [-0.25, -0.2) is 0 Å². The highest BCUT2D eigenvalue weighted by Gasteiger charge is 2.16. The van der Waals surface area contributed by atoms with E-state index in [0.717, 1.165) is 6.42 Å². The van der Waals surface area contributed by atoms with Crippen LogP contribution < -0.4 is 0 Å². The van der Waals surface area contributed by atoms with E-state index in [4.69, 9.17) is 23.5 Å². The summed E-state index contributed by atoms with van der Waals surface area (Å²) < 4.78 is 1.43. The van der Waals surface area contributed by atoms with Crippen LogP contribution in [0.2, 0.25) is 0 Å². The maximum absolute atomic E-state index is 5.61. The van der Waals surface area contributed by atoms with Crippen molar-refractivity contribution in [2.24, 2.45) is 0 Å². The average molecular weight is 238 g/mol. The molecule has 1 atom stereocenters. The van der Waals surface area contributed by atoms with Crippen molar-refractivity contribution in [1.29, 1.82) is 0 Å². The molecule has 5 heteroatoms. The number of rotatable bonds is 8. The van der Waals surface area contributed by atoms with E-state index in [9.17, 15) is 0 Å². The van der Waals surface area contributed by atoms with Gasteiger partial charge in [0.05, 0.1) is 29.7 Å². The van der Waals surface area contributed by atoms with Gasteiger partial charge in [-0.2, -0.15) is 5.10 Å². The second kappa shape index (κ2) is 7.11. The Hall–Kier alpha value is -0.595. The largest absolute Gasteiger partial charge is 0.292 e. The predicted octanol–water partition coefficient (Wildman–Crippen LogP) is 2.42. The van der Waals surface area contributed by atoms with E-state index >= 15 is 0 Å². The Morgan fingerprint density at radius 3 is 2.44 bits per heavy atom. The molecular formula is C13H21B3N2. The molecule has 1 heterocycles. The van der Waals surface area contributed by atoms with Gasteiger partial charge in [0.15, 0.2) is 0 Å². The van der Waals surface area contributed by atoms with E-state index in [-0.39, 0.29) is 0 Å². The van der Waals surface area contributed by atoms with Crippen LogP contribution in [0.25, 0.3) is 0 Å². The monoisotopic (exact) mass is 238 g/mol. The molecule has 0 spiro atoms. The van der Waals surface area contributed by atoms with Gasteiger partial charge in [0, 0.05) is 6.20 Å². The molecule has 1 aromatic rings. The minimum atomic E-state index is -1.40. The van der Waals surface area contributed by atoms with Crippen molar-refractivity contribution < 1.29 is 0 Å². The zero-order chi connectivity index (χ0) is 13.6. The second-order valence-electron chi connectivity index (χ2n) is 5.06. The lowest BCUT2D eigenvalue weighted by Gasteiger charge is -2.21. The average Bonchev–Trinajstić information content (AvgIpc) is 2.78. The minimum absolute atomic E-state index is 0.526. The number of unbranched alkanes of at least 4 members (excludes halogenated alkanes) is 3. The molecule has 6 radical (unpaired) electrons. The van der Waals surface area contributed by atoms with Gasteiger partial charge in [0.2, 0.25) is 0 Å². The van der Waals surface area contributed by atoms with Crippen LogP contribution >= 0.6 is 0 Å². The van der Waals surface area contributed by atoms with Gasteiger partial charge in [-0.3, -0.25) is 4.68 Å². The lowest BCUT2D eigenvalue weighted by Crippen LogP contribution is -2.35. The maximum atomic E-state index is 5.61. The first-order chi connectivity index (χ1) is 8.49.